The van der Waals surface area contributed by atoms with Crippen LogP contribution in [0.1, 0.15) is 27.2 Å². The summed E-state index contributed by atoms with van der Waals surface area (Å²) in [6.45, 7) is 3.74. The highest BCUT2D eigenvalue weighted by molar-refractivity contribution is 5.93. The van der Waals surface area contributed by atoms with Crippen LogP contribution in [0.4, 0.5) is 11.5 Å². The molecule has 2 rings (SSSR count). The van der Waals surface area contributed by atoms with Crippen molar-refractivity contribution in [2.75, 3.05) is 5.32 Å². The summed E-state index contributed by atoms with van der Waals surface area (Å²) >= 11 is 0. The molecule has 0 spiro atoms. The Labute approximate surface area is 117 Å². The van der Waals surface area contributed by atoms with E-state index < -0.39 is 5.91 Å². The number of nitrogens with zero attached hydrogens (tertiary/aromatic N) is 2. The van der Waals surface area contributed by atoms with E-state index in [1.54, 1.807) is 24.3 Å². The summed E-state index contributed by atoms with van der Waals surface area (Å²) < 4.78 is 0. The molecule has 0 radical (unpaired) electrons. The van der Waals surface area contributed by atoms with E-state index in [-0.39, 0.29) is 0 Å². The summed E-state index contributed by atoms with van der Waals surface area (Å²) in [5.41, 5.74) is 8.57. The number of primary amides is 1. The molecule has 0 atom stereocenters. The first-order valence-corrected chi connectivity index (χ1v) is 6.06. The van der Waals surface area contributed by atoms with E-state index in [0.717, 1.165) is 16.9 Å². The molecule has 0 fully saturated rings. The average Bonchev–Trinajstić information content (AvgIpc) is 2.39. The number of nitrogens with one attached hydrogen (secondary N) is 1. The minimum absolute atomic E-state index is 0.435. The van der Waals surface area contributed by atoms with Crippen LogP contribution in [0.2, 0.25) is 0 Å². The van der Waals surface area contributed by atoms with Gasteiger partial charge in [-0.25, -0.2) is 4.98 Å². The second-order valence-electron chi connectivity index (χ2n) is 4.48. The van der Waals surface area contributed by atoms with Gasteiger partial charge in [0.15, 0.2) is 0 Å². The van der Waals surface area contributed by atoms with Crippen molar-refractivity contribution in [3.05, 3.63) is 52.7 Å². The van der Waals surface area contributed by atoms with Crippen molar-refractivity contribution in [1.82, 2.24) is 4.98 Å². The molecule has 0 saturated heterocycles. The molecule has 1 aromatic carbocycles. The Hall–Kier alpha value is -2.87. The van der Waals surface area contributed by atoms with Crippen molar-refractivity contribution >= 4 is 17.4 Å². The third-order valence-electron chi connectivity index (χ3n) is 2.89. The predicted molar refractivity (Wildman–Crippen MR) is 76.7 cm³/mol. The standard InChI is InChI=1S/C15H14N4O/c1-9-7-10(2)18-15(13(9)8-16)19-12-5-3-11(4-6-12)14(17)20/h3-7H,1-2H3,(H2,17,20)(H,18,19). The Morgan fingerprint density at radius 1 is 1.30 bits per heavy atom. The second-order valence-corrected chi connectivity index (χ2v) is 4.48. The van der Waals surface area contributed by atoms with Gasteiger partial charge in [-0.3, -0.25) is 4.79 Å². The Morgan fingerprint density at radius 2 is 1.95 bits per heavy atom. The normalized spacial score (nSPS) is 9.85. The van der Waals surface area contributed by atoms with Crippen molar-refractivity contribution in [3.63, 3.8) is 0 Å². The average molecular weight is 266 g/mol. The van der Waals surface area contributed by atoms with Crippen LogP contribution >= 0.6 is 0 Å². The highest BCUT2D eigenvalue weighted by Crippen LogP contribution is 2.22. The lowest BCUT2D eigenvalue weighted by Gasteiger charge is -2.10. The van der Waals surface area contributed by atoms with Crippen molar-refractivity contribution in [2.45, 2.75) is 13.8 Å². The van der Waals surface area contributed by atoms with Crippen LogP contribution in [-0.4, -0.2) is 10.9 Å². The molecule has 1 aromatic heterocycles. The minimum Gasteiger partial charge on any atom is -0.366 e. The molecule has 0 aliphatic rings. The fourth-order valence-corrected chi connectivity index (χ4v) is 1.92. The van der Waals surface area contributed by atoms with E-state index >= 15 is 0 Å². The molecule has 0 aliphatic carbocycles. The van der Waals surface area contributed by atoms with Crippen molar-refractivity contribution in [2.24, 2.45) is 5.73 Å². The van der Waals surface area contributed by atoms with Gasteiger partial charge in [-0.15, -0.1) is 0 Å². The first-order valence-electron chi connectivity index (χ1n) is 6.06. The summed E-state index contributed by atoms with van der Waals surface area (Å²) in [5, 5.41) is 12.3. The first-order chi connectivity index (χ1) is 9.51. The Bertz CT molecular complexity index is 699. The Morgan fingerprint density at radius 3 is 2.50 bits per heavy atom. The molecule has 1 heterocycles. The number of nitriles is 1. The van der Waals surface area contributed by atoms with Gasteiger partial charge in [0.2, 0.25) is 5.91 Å². The third kappa shape index (κ3) is 2.75. The van der Waals surface area contributed by atoms with E-state index in [2.05, 4.69) is 16.4 Å². The van der Waals surface area contributed by atoms with Gasteiger partial charge in [0.25, 0.3) is 0 Å². The molecule has 0 saturated carbocycles. The molecule has 0 unspecified atom stereocenters. The van der Waals surface area contributed by atoms with Crippen LogP contribution in [0, 0.1) is 25.2 Å². The maximum Gasteiger partial charge on any atom is 0.248 e. The van der Waals surface area contributed by atoms with Gasteiger partial charge in [0, 0.05) is 16.9 Å². The number of hydrogen-bond donors (Lipinski definition) is 2. The molecule has 5 heteroatoms. The quantitative estimate of drug-likeness (QED) is 0.892. The summed E-state index contributed by atoms with van der Waals surface area (Å²) in [6.07, 6.45) is 0. The molecule has 0 bridgehead atoms. The number of carbonyl (C=O) groups is 1. The van der Waals surface area contributed by atoms with Crippen LogP contribution in [-0.2, 0) is 0 Å². The van der Waals surface area contributed by atoms with E-state index in [0.29, 0.717) is 16.9 Å². The highest BCUT2D eigenvalue weighted by Gasteiger charge is 2.09. The molecule has 20 heavy (non-hydrogen) atoms. The highest BCUT2D eigenvalue weighted by atomic mass is 16.1. The van der Waals surface area contributed by atoms with Gasteiger partial charge in [0.1, 0.15) is 11.9 Å². The van der Waals surface area contributed by atoms with Gasteiger partial charge in [-0.05, 0) is 49.7 Å². The fourth-order valence-electron chi connectivity index (χ4n) is 1.92. The number of aryl methyl sites for hydroxylation is 2. The maximum atomic E-state index is 11.0. The number of hydrogen-bond acceptors (Lipinski definition) is 4. The summed E-state index contributed by atoms with van der Waals surface area (Å²) in [7, 11) is 0. The van der Waals surface area contributed by atoms with E-state index in [4.69, 9.17) is 5.73 Å². The molecule has 0 aliphatic heterocycles. The third-order valence-corrected chi connectivity index (χ3v) is 2.89. The first kappa shape index (κ1) is 13.6. The number of benzene rings is 1. The van der Waals surface area contributed by atoms with E-state index in [9.17, 15) is 10.1 Å². The fraction of sp³-hybridized carbons (Fsp3) is 0.133. The Balaban J connectivity index is 2.35. The van der Waals surface area contributed by atoms with Gasteiger partial charge < -0.3 is 11.1 Å². The lowest BCUT2D eigenvalue weighted by atomic mass is 10.1. The van der Waals surface area contributed by atoms with Gasteiger partial charge in [-0.2, -0.15) is 5.26 Å². The van der Waals surface area contributed by atoms with E-state index in [1.807, 2.05) is 19.9 Å². The van der Waals surface area contributed by atoms with Crippen LogP contribution < -0.4 is 11.1 Å². The van der Waals surface area contributed by atoms with Gasteiger partial charge in [-0.1, -0.05) is 0 Å². The number of nitrogens with two attached hydrogens (primary N) is 1. The van der Waals surface area contributed by atoms with Crippen LogP contribution in [0.5, 0.6) is 0 Å². The molecule has 5 nitrogen and oxygen atoms in total. The topological polar surface area (TPSA) is 91.8 Å². The second kappa shape index (κ2) is 5.41. The molecule has 1 amide bonds. The smallest absolute Gasteiger partial charge is 0.248 e. The SMILES string of the molecule is Cc1cc(C)c(C#N)c(Nc2ccc(C(N)=O)cc2)n1. The minimum atomic E-state index is -0.473. The molecule has 100 valence electrons. The summed E-state index contributed by atoms with van der Waals surface area (Å²) in [5.74, 6) is 0.0376. The van der Waals surface area contributed by atoms with Crippen molar-refractivity contribution < 1.29 is 4.79 Å². The van der Waals surface area contributed by atoms with Gasteiger partial charge in [0.05, 0.1) is 5.56 Å². The lowest BCUT2D eigenvalue weighted by Crippen LogP contribution is -2.10. The molecular formula is C15H14N4O. The number of rotatable bonds is 3. The number of amides is 1. The summed E-state index contributed by atoms with van der Waals surface area (Å²) in [4.78, 5) is 15.3. The number of anilines is 2. The van der Waals surface area contributed by atoms with Crippen molar-refractivity contribution in [3.8, 4) is 6.07 Å². The molecular weight excluding hydrogens is 252 g/mol. The largest absolute Gasteiger partial charge is 0.366 e. The number of pyridine rings is 1. The predicted octanol–water partition coefficient (Wildman–Crippen LogP) is 2.41. The summed E-state index contributed by atoms with van der Waals surface area (Å²) in [6, 6.07) is 10.7. The number of carbonyl (C=O) groups excluding carboxylic acids is 1. The van der Waals surface area contributed by atoms with Gasteiger partial charge >= 0.3 is 0 Å². The number of aromatic nitrogens is 1. The zero-order chi connectivity index (χ0) is 14.7. The monoisotopic (exact) mass is 266 g/mol. The Kier molecular flexibility index (Phi) is 3.67. The van der Waals surface area contributed by atoms with Crippen LogP contribution in [0.15, 0.2) is 30.3 Å². The molecule has 3 N–H and O–H groups in total. The zero-order valence-electron chi connectivity index (χ0n) is 11.3. The van der Waals surface area contributed by atoms with E-state index in [1.165, 1.54) is 0 Å². The lowest BCUT2D eigenvalue weighted by molar-refractivity contribution is 0.100. The van der Waals surface area contributed by atoms with Crippen molar-refractivity contribution in [1.29, 1.82) is 5.26 Å². The van der Waals surface area contributed by atoms with Crippen LogP contribution in [0.3, 0.4) is 0 Å². The zero-order valence-corrected chi connectivity index (χ0v) is 11.3. The maximum absolute atomic E-state index is 11.0. The van der Waals surface area contributed by atoms with Crippen LogP contribution in [0.25, 0.3) is 0 Å². The molecule has 2 aromatic rings.